The van der Waals surface area contributed by atoms with E-state index in [0.717, 1.165) is 20.4 Å². The van der Waals surface area contributed by atoms with Crippen molar-refractivity contribution in [1.82, 2.24) is 0 Å². The Bertz CT molecular complexity index is 561. The van der Waals surface area contributed by atoms with Crippen LogP contribution in [0.25, 0.3) is 0 Å². The zero-order valence-corrected chi connectivity index (χ0v) is 13.3. The van der Waals surface area contributed by atoms with E-state index in [1.165, 1.54) is 0 Å². The molecule has 0 aliphatic rings. The molecule has 0 aliphatic carbocycles. The summed E-state index contributed by atoms with van der Waals surface area (Å²) in [5, 5.41) is 0. The maximum atomic E-state index is 5.70. The van der Waals surface area contributed by atoms with Gasteiger partial charge in [0.15, 0.2) is 0 Å². The highest BCUT2D eigenvalue weighted by atomic mass is 79.9. The maximum absolute atomic E-state index is 5.70. The number of benzene rings is 2. The van der Waals surface area contributed by atoms with Crippen LogP contribution in [0.15, 0.2) is 51.4 Å². The van der Waals surface area contributed by atoms with Gasteiger partial charge in [-0.15, -0.1) is 0 Å². The van der Waals surface area contributed by atoms with Crippen molar-refractivity contribution in [2.24, 2.45) is 0 Å². The number of anilines is 1. The van der Waals surface area contributed by atoms with Crippen LogP contribution in [0, 0.1) is 0 Å². The minimum Gasteiger partial charge on any atom is -0.490 e. The van der Waals surface area contributed by atoms with E-state index >= 15 is 0 Å². The number of rotatable bonds is 5. The lowest BCUT2D eigenvalue weighted by atomic mass is 10.3. The summed E-state index contributed by atoms with van der Waals surface area (Å²) in [7, 11) is 0. The van der Waals surface area contributed by atoms with Crippen LogP contribution in [0.3, 0.4) is 0 Å². The Morgan fingerprint density at radius 2 is 1.74 bits per heavy atom. The first kappa shape index (κ1) is 14.2. The summed E-state index contributed by atoms with van der Waals surface area (Å²) in [6.07, 6.45) is 0. The molecule has 2 rings (SSSR count). The fourth-order valence-corrected chi connectivity index (χ4v) is 2.24. The molecule has 0 atom stereocenters. The van der Waals surface area contributed by atoms with Crippen molar-refractivity contribution < 1.29 is 9.47 Å². The van der Waals surface area contributed by atoms with Gasteiger partial charge in [0.25, 0.3) is 0 Å². The second-order valence-corrected chi connectivity index (χ2v) is 5.61. The van der Waals surface area contributed by atoms with E-state index in [1.807, 2.05) is 36.4 Å². The predicted molar refractivity (Wildman–Crippen MR) is 83.7 cm³/mol. The molecule has 5 heteroatoms. The molecule has 0 amide bonds. The first-order chi connectivity index (χ1) is 9.15. The minimum atomic E-state index is 0.453. The van der Waals surface area contributed by atoms with Crippen molar-refractivity contribution in [2.75, 3.05) is 18.9 Å². The van der Waals surface area contributed by atoms with Gasteiger partial charge in [-0.05, 0) is 46.3 Å². The molecule has 100 valence electrons. The topological polar surface area (TPSA) is 44.5 Å². The molecule has 0 saturated carbocycles. The second-order valence-electron chi connectivity index (χ2n) is 3.84. The number of nitrogen functional groups attached to an aromatic ring is 1. The Morgan fingerprint density at radius 1 is 0.947 bits per heavy atom. The summed E-state index contributed by atoms with van der Waals surface area (Å²) in [6.45, 7) is 0.923. The molecular weight excluding hydrogens is 374 g/mol. The van der Waals surface area contributed by atoms with Gasteiger partial charge < -0.3 is 15.2 Å². The van der Waals surface area contributed by atoms with Gasteiger partial charge in [-0.3, -0.25) is 0 Å². The molecule has 0 bridgehead atoms. The summed E-state index contributed by atoms with van der Waals surface area (Å²) in [5.74, 6) is 1.53. The fourth-order valence-electron chi connectivity index (χ4n) is 1.50. The molecule has 2 N–H and O–H groups in total. The van der Waals surface area contributed by atoms with Crippen molar-refractivity contribution in [3.8, 4) is 11.5 Å². The maximum Gasteiger partial charge on any atom is 0.135 e. The lowest BCUT2D eigenvalue weighted by Gasteiger charge is -2.10. The van der Waals surface area contributed by atoms with Crippen LogP contribution >= 0.6 is 31.9 Å². The van der Waals surface area contributed by atoms with E-state index in [4.69, 9.17) is 15.2 Å². The van der Waals surface area contributed by atoms with E-state index in [1.54, 1.807) is 6.07 Å². The third-order valence-corrected chi connectivity index (χ3v) is 3.51. The smallest absolute Gasteiger partial charge is 0.135 e. The average molecular weight is 387 g/mol. The summed E-state index contributed by atoms with van der Waals surface area (Å²) in [6, 6.07) is 13.2. The molecule has 19 heavy (non-hydrogen) atoms. The zero-order valence-electron chi connectivity index (χ0n) is 10.1. The number of halogens is 2. The molecular formula is C14H13Br2NO2. The van der Waals surface area contributed by atoms with Crippen molar-refractivity contribution in [2.45, 2.75) is 0 Å². The number of nitrogens with two attached hydrogens (primary N) is 1. The van der Waals surface area contributed by atoms with Gasteiger partial charge in [-0.2, -0.15) is 0 Å². The third-order valence-electron chi connectivity index (χ3n) is 2.36. The molecule has 0 spiro atoms. The van der Waals surface area contributed by atoms with Gasteiger partial charge in [0, 0.05) is 16.2 Å². The van der Waals surface area contributed by atoms with Crippen LogP contribution in [0.4, 0.5) is 5.69 Å². The van der Waals surface area contributed by atoms with Crippen LogP contribution in [0.2, 0.25) is 0 Å². The SMILES string of the molecule is Nc1ccc(Br)c(OCCOc2cccc(Br)c2)c1. The summed E-state index contributed by atoms with van der Waals surface area (Å²) in [5.41, 5.74) is 6.37. The van der Waals surface area contributed by atoms with Crippen LogP contribution in [-0.2, 0) is 0 Å². The summed E-state index contributed by atoms with van der Waals surface area (Å²) >= 11 is 6.80. The average Bonchev–Trinajstić information content (AvgIpc) is 2.39. The van der Waals surface area contributed by atoms with Crippen molar-refractivity contribution >= 4 is 37.5 Å². The normalized spacial score (nSPS) is 10.2. The van der Waals surface area contributed by atoms with Gasteiger partial charge >= 0.3 is 0 Å². The number of ether oxygens (including phenoxy) is 2. The second kappa shape index (κ2) is 6.82. The quantitative estimate of drug-likeness (QED) is 0.617. The molecule has 2 aromatic carbocycles. The molecule has 0 heterocycles. The first-order valence-electron chi connectivity index (χ1n) is 5.71. The molecule has 0 aliphatic heterocycles. The van der Waals surface area contributed by atoms with Crippen LogP contribution in [0.1, 0.15) is 0 Å². The van der Waals surface area contributed by atoms with Crippen LogP contribution in [-0.4, -0.2) is 13.2 Å². The number of hydrogen-bond donors (Lipinski definition) is 1. The molecule has 0 aromatic heterocycles. The standard InChI is InChI=1S/C14H13Br2NO2/c15-10-2-1-3-12(8-10)18-6-7-19-14-9-11(17)4-5-13(14)16/h1-5,8-9H,6-7,17H2. The van der Waals surface area contributed by atoms with E-state index in [9.17, 15) is 0 Å². The number of hydrogen-bond acceptors (Lipinski definition) is 3. The monoisotopic (exact) mass is 385 g/mol. The highest BCUT2D eigenvalue weighted by Crippen LogP contribution is 2.27. The fraction of sp³-hybridized carbons (Fsp3) is 0.143. The van der Waals surface area contributed by atoms with Crippen molar-refractivity contribution in [1.29, 1.82) is 0 Å². The molecule has 3 nitrogen and oxygen atoms in total. The lowest BCUT2D eigenvalue weighted by molar-refractivity contribution is 0.216. The van der Waals surface area contributed by atoms with Crippen molar-refractivity contribution in [3.05, 3.63) is 51.4 Å². The van der Waals surface area contributed by atoms with Gasteiger partial charge in [0.2, 0.25) is 0 Å². The summed E-state index contributed by atoms with van der Waals surface area (Å²) < 4.78 is 13.1. The Labute approximate surface area is 129 Å². The third kappa shape index (κ3) is 4.44. The Morgan fingerprint density at radius 3 is 2.53 bits per heavy atom. The highest BCUT2D eigenvalue weighted by Gasteiger charge is 2.02. The minimum absolute atomic E-state index is 0.453. The lowest BCUT2D eigenvalue weighted by Crippen LogP contribution is -2.09. The van der Waals surface area contributed by atoms with Gasteiger partial charge in [0.05, 0.1) is 4.47 Å². The van der Waals surface area contributed by atoms with Gasteiger partial charge in [-0.25, -0.2) is 0 Å². The molecule has 2 aromatic rings. The largest absolute Gasteiger partial charge is 0.490 e. The molecule has 0 unspecified atom stereocenters. The van der Waals surface area contributed by atoms with Gasteiger partial charge in [-0.1, -0.05) is 22.0 Å². The van der Waals surface area contributed by atoms with E-state index in [-0.39, 0.29) is 0 Å². The molecule has 0 saturated heterocycles. The van der Waals surface area contributed by atoms with Crippen molar-refractivity contribution in [3.63, 3.8) is 0 Å². The van der Waals surface area contributed by atoms with E-state index in [2.05, 4.69) is 31.9 Å². The van der Waals surface area contributed by atoms with E-state index < -0.39 is 0 Å². The Hall–Kier alpha value is -1.20. The van der Waals surface area contributed by atoms with Crippen LogP contribution in [0.5, 0.6) is 11.5 Å². The molecule has 0 fully saturated rings. The highest BCUT2D eigenvalue weighted by molar-refractivity contribution is 9.10. The van der Waals surface area contributed by atoms with Crippen LogP contribution < -0.4 is 15.2 Å². The molecule has 0 radical (unpaired) electrons. The first-order valence-corrected chi connectivity index (χ1v) is 7.30. The zero-order chi connectivity index (χ0) is 13.7. The van der Waals surface area contributed by atoms with E-state index in [0.29, 0.717) is 18.9 Å². The Kier molecular flexibility index (Phi) is 5.10. The van der Waals surface area contributed by atoms with Gasteiger partial charge in [0.1, 0.15) is 24.7 Å². The summed E-state index contributed by atoms with van der Waals surface area (Å²) in [4.78, 5) is 0. The Balaban J connectivity index is 1.82. The predicted octanol–water partition coefficient (Wildman–Crippen LogP) is 4.25.